The van der Waals surface area contributed by atoms with Crippen LogP contribution in [-0.4, -0.2) is 11.3 Å². The number of hydrogen-bond acceptors (Lipinski definition) is 3. The second-order valence-electron chi connectivity index (χ2n) is 24.9. The minimum Gasteiger partial charge on any atom is -0.455 e. The van der Waals surface area contributed by atoms with E-state index in [1.807, 2.05) is 6.07 Å². The molecule has 0 radical (unpaired) electrons. The molecule has 0 fully saturated rings. The predicted molar refractivity (Wildman–Crippen MR) is 323 cm³/mol. The molecule has 0 N–H and O–H groups in total. The van der Waals surface area contributed by atoms with E-state index in [1.54, 1.807) is 0 Å². The third-order valence-corrected chi connectivity index (χ3v) is 16.7. The van der Waals surface area contributed by atoms with Crippen LogP contribution in [0.4, 0.5) is 34.1 Å². The lowest BCUT2D eigenvalue weighted by Crippen LogP contribution is -2.61. The first-order valence-corrected chi connectivity index (χ1v) is 27.0. The van der Waals surface area contributed by atoms with E-state index in [9.17, 15) is 0 Å². The largest absolute Gasteiger partial charge is 0.455 e. The zero-order chi connectivity index (χ0) is 52.2. The van der Waals surface area contributed by atoms with Crippen molar-refractivity contribution in [2.45, 2.75) is 106 Å². The molecule has 0 spiro atoms. The fraction of sp³-hybridized carbons (Fsp3) is 0.229. The number of fused-ring (bicyclic) bond motifs is 10. The predicted octanol–water partition coefficient (Wildman–Crippen LogP) is 17.6. The summed E-state index contributed by atoms with van der Waals surface area (Å²) >= 11 is 0. The number of aromatic nitrogens is 1. The smallest absolute Gasteiger partial charge is 0.252 e. The van der Waals surface area contributed by atoms with Gasteiger partial charge >= 0.3 is 0 Å². The summed E-state index contributed by atoms with van der Waals surface area (Å²) in [6, 6.07) is 62.5. The molecule has 0 bridgehead atoms. The zero-order valence-electron chi connectivity index (χ0n) is 45.9. The number of nitrogens with zero attached hydrogens (tertiary/aromatic N) is 3. The van der Waals surface area contributed by atoms with Gasteiger partial charge in [-0.15, -0.1) is 0 Å². The lowest BCUT2D eigenvalue weighted by atomic mass is 9.33. The Morgan fingerprint density at radius 2 is 0.947 bits per heavy atom. The molecule has 4 heterocycles. The standard InChI is InChI=1S/C70H66BN3O/c1-41-19-16-20-42(2)65(41)73-57-34-30-46(68(5,6)7)35-53(57)54-39-56-60(40-58(54)73)74(66-43(3)21-17-22-44(66)4)62-38-48(70(11,12)13)37-61-64(62)71(56)55-33-29-47(69(8,9)10)36-59(55)72(61)49-31-27-45(28-32-49)50-24-18-25-52-51-23-14-15-26-63(51)75-67(50)52/h14-40H,1-13H3. The first-order chi connectivity index (χ1) is 35.8. The second kappa shape index (κ2) is 16.4. The van der Waals surface area contributed by atoms with Crippen molar-refractivity contribution in [1.29, 1.82) is 0 Å². The molecule has 370 valence electrons. The number of para-hydroxylation sites is 4. The lowest BCUT2D eigenvalue weighted by molar-refractivity contribution is 0.590. The fourth-order valence-corrected chi connectivity index (χ4v) is 12.7. The van der Waals surface area contributed by atoms with Gasteiger partial charge in [-0.25, -0.2) is 0 Å². The molecule has 2 aromatic heterocycles. The van der Waals surface area contributed by atoms with Crippen LogP contribution in [0.1, 0.15) is 101 Å². The van der Waals surface area contributed by atoms with Crippen LogP contribution in [0.2, 0.25) is 0 Å². The van der Waals surface area contributed by atoms with E-state index in [1.165, 1.54) is 111 Å². The third kappa shape index (κ3) is 7.17. The number of rotatable bonds is 4. The van der Waals surface area contributed by atoms with Crippen molar-refractivity contribution in [3.8, 4) is 16.8 Å². The molecule has 0 atom stereocenters. The van der Waals surface area contributed by atoms with E-state index in [-0.39, 0.29) is 23.0 Å². The molecule has 13 rings (SSSR count). The maximum atomic E-state index is 6.59. The lowest BCUT2D eigenvalue weighted by Gasteiger charge is -2.46. The Morgan fingerprint density at radius 3 is 1.61 bits per heavy atom. The third-order valence-electron chi connectivity index (χ3n) is 16.7. The summed E-state index contributed by atoms with van der Waals surface area (Å²) in [4.78, 5) is 5.25. The minimum atomic E-state index is -0.161. The number of aryl methyl sites for hydroxylation is 4. The number of benzene rings is 9. The molecule has 0 aliphatic carbocycles. The molecule has 0 saturated heterocycles. The highest BCUT2D eigenvalue weighted by atomic mass is 16.3. The van der Waals surface area contributed by atoms with Crippen molar-refractivity contribution in [1.82, 2.24) is 4.57 Å². The highest BCUT2D eigenvalue weighted by Gasteiger charge is 2.45. The van der Waals surface area contributed by atoms with Gasteiger partial charge in [0.05, 0.1) is 22.4 Å². The Kier molecular flexibility index (Phi) is 10.3. The number of furan rings is 1. The Morgan fingerprint density at radius 1 is 0.400 bits per heavy atom. The Balaban J connectivity index is 1.14. The van der Waals surface area contributed by atoms with E-state index in [0.717, 1.165) is 38.8 Å². The molecular formula is C70H66BN3O. The summed E-state index contributed by atoms with van der Waals surface area (Å²) in [5.74, 6) is 0. The molecule has 11 aromatic rings. The van der Waals surface area contributed by atoms with Gasteiger partial charge in [0.25, 0.3) is 6.71 Å². The SMILES string of the molecule is Cc1cccc(C)c1N1c2cc3c(cc2B2c4ccc(C(C)(C)C)cc4N(c4ccc(-c5cccc6c5oc5ccccc56)cc4)c4cc(C(C)(C)C)cc1c42)c1cc(C(C)(C)C)ccc1n3-c1c(C)cccc1C. The van der Waals surface area contributed by atoms with E-state index < -0.39 is 0 Å². The molecule has 0 amide bonds. The summed E-state index contributed by atoms with van der Waals surface area (Å²) in [6.45, 7) is 30.2. The summed E-state index contributed by atoms with van der Waals surface area (Å²) < 4.78 is 9.16. The second-order valence-corrected chi connectivity index (χ2v) is 24.9. The molecule has 2 aliphatic heterocycles. The minimum absolute atomic E-state index is 0.0251. The summed E-state index contributed by atoms with van der Waals surface area (Å²) in [7, 11) is 0. The van der Waals surface area contributed by atoms with Crippen molar-refractivity contribution in [2.75, 3.05) is 9.80 Å². The van der Waals surface area contributed by atoms with E-state index in [4.69, 9.17) is 4.42 Å². The first kappa shape index (κ1) is 47.0. The number of anilines is 6. The summed E-state index contributed by atoms with van der Waals surface area (Å²) in [6.07, 6.45) is 0. The van der Waals surface area contributed by atoms with Crippen molar-refractivity contribution in [3.63, 3.8) is 0 Å². The topological polar surface area (TPSA) is 24.6 Å². The molecule has 5 heteroatoms. The van der Waals surface area contributed by atoms with Crippen LogP contribution < -0.4 is 26.2 Å². The molecule has 9 aromatic carbocycles. The van der Waals surface area contributed by atoms with Crippen LogP contribution in [0.25, 0.3) is 60.6 Å². The van der Waals surface area contributed by atoms with Crippen molar-refractivity contribution in [2.24, 2.45) is 0 Å². The quantitative estimate of drug-likeness (QED) is 0.164. The van der Waals surface area contributed by atoms with Crippen LogP contribution in [0.5, 0.6) is 0 Å². The summed E-state index contributed by atoms with van der Waals surface area (Å²) in [5.41, 5.74) is 27.7. The molecule has 75 heavy (non-hydrogen) atoms. The van der Waals surface area contributed by atoms with Gasteiger partial charge in [0.1, 0.15) is 11.2 Å². The summed E-state index contributed by atoms with van der Waals surface area (Å²) in [5, 5.41) is 4.84. The van der Waals surface area contributed by atoms with Crippen molar-refractivity contribution in [3.05, 3.63) is 203 Å². The van der Waals surface area contributed by atoms with Gasteiger partial charge in [-0.3, -0.25) is 0 Å². The zero-order valence-corrected chi connectivity index (χ0v) is 45.9. The monoisotopic (exact) mass is 976 g/mol. The van der Waals surface area contributed by atoms with Gasteiger partial charge in [0.2, 0.25) is 0 Å². The average Bonchev–Trinajstić information content (AvgIpc) is 3.92. The van der Waals surface area contributed by atoms with Gasteiger partial charge in [-0.1, -0.05) is 172 Å². The number of hydrogen-bond donors (Lipinski definition) is 0. The van der Waals surface area contributed by atoms with Gasteiger partial charge < -0.3 is 18.8 Å². The van der Waals surface area contributed by atoms with Crippen molar-refractivity contribution >= 4 is 101 Å². The molecule has 4 nitrogen and oxygen atoms in total. The Labute approximate surface area is 443 Å². The van der Waals surface area contributed by atoms with Crippen LogP contribution in [-0.2, 0) is 16.2 Å². The maximum Gasteiger partial charge on any atom is 0.252 e. The molecule has 0 saturated carbocycles. The van der Waals surface area contributed by atoms with Gasteiger partial charge in [0.15, 0.2) is 0 Å². The van der Waals surface area contributed by atoms with Gasteiger partial charge in [-0.05, 0) is 159 Å². The average molecular weight is 976 g/mol. The van der Waals surface area contributed by atoms with Gasteiger partial charge in [-0.2, -0.15) is 0 Å². The molecule has 0 unspecified atom stereocenters. The normalized spacial score (nSPS) is 13.6. The van der Waals surface area contributed by atoms with E-state index in [2.05, 4.69) is 262 Å². The molecular weight excluding hydrogens is 910 g/mol. The van der Waals surface area contributed by atoms with E-state index in [0.29, 0.717) is 0 Å². The van der Waals surface area contributed by atoms with Crippen LogP contribution in [0.3, 0.4) is 0 Å². The van der Waals surface area contributed by atoms with Gasteiger partial charge in [0, 0.05) is 55.5 Å². The highest BCUT2D eigenvalue weighted by Crippen LogP contribution is 2.50. The Bertz CT molecular complexity index is 4140. The highest BCUT2D eigenvalue weighted by molar-refractivity contribution is 7.00. The van der Waals surface area contributed by atoms with Crippen LogP contribution >= 0.6 is 0 Å². The molecule has 2 aliphatic rings. The van der Waals surface area contributed by atoms with E-state index >= 15 is 0 Å². The van der Waals surface area contributed by atoms with Crippen LogP contribution in [0, 0.1) is 27.7 Å². The Hall–Kier alpha value is -7.76. The first-order valence-electron chi connectivity index (χ1n) is 27.0. The maximum absolute atomic E-state index is 6.59. The fourth-order valence-electron chi connectivity index (χ4n) is 12.7. The van der Waals surface area contributed by atoms with Crippen LogP contribution in [0.15, 0.2) is 168 Å². The van der Waals surface area contributed by atoms with Crippen molar-refractivity contribution < 1.29 is 4.42 Å².